The minimum absolute atomic E-state index is 0.153. The molecule has 0 saturated heterocycles. The number of hydrogen-bond donors (Lipinski definition) is 0. The SMILES string of the molecule is C=CCSc1nc2c(=O)c3c(sc2n1CCc1ccccc1)CCC3. The average Bonchev–Trinajstić information content (AvgIpc) is 3.24. The van der Waals surface area contributed by atoms with Gasteiger partial charge in [-0.15, -0.1) is 17.9 Å². The van der Waals surface area contributed by atoms with Crippen LogP contribution in [0.4, 0.5) is 0 Å². The number of nitrogens with zero attached hydrogens (tertiary/aromatic N) is 2. The lowest BCUT2D eigenvalue weighted by Crippen LogP contribution is -2.08. The quantitative estimate of drug-likeness (QED) is 0.476. The van der Waals surface area contributed by atoms with Crippen LogP contribution in [0.2, 0.25) is 0 Å². The molecule has 2 aromatic heterocycles. The number of benzene rings is 1. The Bertz CT molecular complexity index is 973. The molecule has 2 heterocycles. The summed E-state index contributed by atoms with van der Waals surface area (Å²) in [7, 11) is 0. The van der Waals surface area contributed by atoms with Crippen LogP contribution in [-0.4, -0.2) is 15.3 Å². The first-order chi connectivity index (χ1) is 12.3. The monoisotopic (exact) mass is 368 g/mol. The van der Waals surface area contributed by atoms with Crippen molar-refractivity contribution in [2.75, 3.05) is 5.75 Å². The second-order valence-electron chi connectivity index (χ2n) is 6.22. The molecule has 128 valence electrons. The van der Waals surface area contributed by atoms with Gasteiger partial charge in [-0.1, -0.05) is 48.2 Å². The van der Waals surface area contributed by atoms with Gasteiger partial charge in [-0.05, 0) is 31.2 Å². The topological polar surface area (TPSA) is 34.9 Å². The predicted molar refractivity (Wildman–Crippen MR) is 107 cm³/mol. The first-order valence-electron chi connectivity index (χ1n) is 8.60. The molecule has 0 atom stereocenters. The summed E-state index contributed by atoms with van der Waals surface area (Å²) in [5.74, 6) is 0.799. The molecule has 4 rings (SSSR count). The third kappa shape index (κ3) is 3.18. The van der Waals surface area contributed by atoms with Crippen molar-refractivity contribution in [3.63, 3.8) is 0 Å². The molecule has 0 fully saturated rings. The molecule has 3 aromatic rings. The number of imidazole rings is 1. The van der Waals surface area contributed by atoms with Gasteiger partial charge in [0, 0.05) is 22.7 Å². The lowest BCUT2D eigenvalue weighted by atomic mass is 10.1. The highest BCUT2D eigenvalue weighted by molar-refractivity contribution is 7.99. The van der Waals surface area contributed by atoms with Gasteiger partial charge in [0.15, 0.2) is 5.16 Å². The summed E-state index contributed by atoms with van der Waals surface area (Å²) < 4.78 is 2.24. The van der Waals surface area contributed by atoms with Gasteiger partial charge in [-0.3, -0.25) is 4.79 Å². The molecule has 1 aliphatic carbocycles. The van der Waals surface area contributed by atoms with Crippen LogP contribution in [0.5, 0.6) is 0 Å². The van der Waals surface area contributed by atoms with Crippen LogP contribution in [0.15, 0.2) is 52.9 Å². The average molecular weight is 369 g/mol. The molecule has 0 saturated carbocycles. The molecule has 1 aromatic carbocycles. The number of hydrogen-bond acceptors (Lipinski definition) is 4. The van der Waals surface area contributed by atoms with Crippen molar-refractivity contribution in [2.24, 2.45) is 0 Å². The minimum atomic E-state index is 0.153. The van der Waals surface area contributed by atoms with E-state index in [-0.39, 0.29) is 5.43 Å². The van der Waals surface area contributed by atoms with E-state index in [0.29, 0.717) is 5.52 Å². The van der Waals surface area contributed by atoms with Gasteiger partial charge >= 0.3 is 0 Å². The summed E-state index contributed by atoms with van der Waals surface area (Å²) >= 11 is 3.42. The third-order valence-electron chi connectivity index (χ3n) is 4.56. The molecule has 5 heteroatoms. The number of fused-ring (bicyclic) bond motifs is 2. The van der Waals surface area contributed by atoms with Crippen molar-refractivity contribution < 1.29 is 0 Å². The van der Waals surface area contributed by atoms with Gasteiger partial charge in [0.05, 0.1) is 0 Å². The van der Waals surface area contributed by atoms with Crippen LogP contribution in [0.1, 0.15) is 22.4 Å². The van der Waals surface area contributed by atoms with Crippen LogP contribution in [0.25, 0.3) is 10.3 Å². The van der Waals surface area contributed by atoms with Gasteiger partial charge in [-0.2, -0.15) is 0 Å². The Balaban J connectivity index is 1.77. The van der Waals surface area contributed by atoms with Crippen molar-refractivity contribution in [2.45, 2.75) is 37.4 Å². The van der Waals surface area contributed by atoms with E-state index in [2.05, 4.69) is 35.4 Å². The second kappa shape index (κ2) is 7.18. The molecule has 3 nitrogen and oxygen atoms in total. The van der Waals surface area contributed by atoms with E-state index in [4.69, 9.17) is 4.98 Å². The molecule has 0 spiro atoms. The van der Waals surface area contributed by atoms with E-state index >= 15 is 0 Å². The normalized spacial score (nSPS) is 13.3. The lowest BCUT2D eigenvalue weighted by molar-refractivity contribution is 0.655. The zero-order valence-electron chi connectivity index (χ0n) is 14.0. The van der Waals surface area contributed by atoms with E-state index < -0.39 is 0 Å². The van der Waals surface area contributed by atoms with Crippen LogP contribution in [0.3, 0.4) is 0 Å². The van der Waals surface area contributed by atoms with Crippen LogP contribution in [-0.2, 0) is 25.8 Å². The number of thioether (sulfide) groups is 1. The Labute approximate surface area is 155 Å². The highest BCUT2D eigenvalue weighted by atomic mass is 32.2. The van der Waals surface area contributed by atoms with Gasteiger partial charge in [0.1, 0.15) is 10.3 Å². The lowest BCUT2D eigenvalue weighted by Gasteiger charge is -2.08. The van der Waals surface area contributed by atoms with E-state index in [1.165, 1.54) is 10.4 Å². The summed E-state index contributed by atoms with van der Waals surface area (Å²) in [6.45, 7) is 4.65. The van der Waals surface area contributed by atoms with Gasteiger partial charge in [0.25, 0.3) is 0 Å². The van der Waals surface area contributed by atoms with E-state index in [1.54, 1.807) is 23.1 Å². The first kappa shape index (κ1) is 16.6. The molecule has 1 aliphatic rings. The van der Waals surface area contributed by atoms with Gasteiger partial charge < -0.3 is 4.57 Å². The number of rotatable bonds is 6. The summed E-state index contributed by atoms with van der Waals surface area (Å²) in [6.07, 6.45) is 5.85. The molecule has 0 aliphatic heterocycles. The largest absolute Gasteiger partial charge is 0.310 e. The van der Waals surface area contributed by atoms with Crippen molar-refractivity contribution in [1.29, 1.82) is 0 Å². The summed E-state index contributed by atoms with van der Waals surface area (Å²) in [6, 6.07) is 10.5. The molecular formula is C20H20N2OS2. The molecule has 0 radical (unpaired) electrons. The Morgan fingerprint density at radius 1 is 1.28 bits per heavy atom. The van der Waals surface area contributed by atoms with Gasteiger partial charge in [-0.25, -0.2) is 4.98 Å². The summed E-state index contributed by atoms with van der Waals surface area (Å²) in [4.78, 5) is 19.8. The Morgan fingerprint density at radius 2 is 2.12 bits per heavy atom. The molecule has 25 heavy (non-hydrogen) atoms. The highest BCUT2D eigenvalue weighted by Crippen LogP contribution is 2.32. The Hall–Kier alpha value is -1.85. The maximum absolute atomic E-state index is 12.8. The van der Waals surface area contributed by atoms with E-state index in [9.17, 15) is 4.79 Å². The molecule has 0 amide bonds. The maximum atomic E-state index is 12.8. The fourth-order valence-corrected chi connectivity index (χ4v) is 5.46. The standard InChI is InChI=1S/C20H20N2OS2/c1-2-13-24-20-21-17-18(23)15-9-6-10-16(15)25-19(17)22(20)12-11-14-7-4-3-5-8-14/h2-5,7-8H,1,6,9-13H2. The molecule has 0 N–H and O–H groups in total. The Kier molecular flexibility index (Phi) is 4.77. The second-order valence-corrected chi connectivity index (χ2v) is 8.29. The predicted octanol–water partition coefficient (Wildman–Crippen LogP) is 4.47. The van der Waals surface area contributed by atoms with E-state index in [1.807, 2.05) is 12.1 Å². The molecule has 0 unspecified atom stereocenters. The summed E-state index contributed by atoms with van der Waals surface area (Å²) in [5, 5.41) is 0.933. The van der Waals surface area contributed by atoms with Crippen LogP contribution < -0.4 is 5.43 Å². The van der Waals surface area contributed by atoms with Crippen LogP contribution in [0, 0.1) is 0 Å². The summed E-state index contributed by atoms with van der Waals surface area (Å²) in [5.41, 5.74) is 3.12. The molecular weight excluding hydrogens is 348 g/mol. The number of aryl methyl sites for hydroxylation is 3. The minimum Gasteiger partial charge on any atom is -0.310 e. The van der Waals surface area contributed by atoms with Crippen molar-refractivity contribution in [3.05, 3.63) is 69.2 Å². The van der Waals surface area contributed by atoms with Crippen molar-refractivity contribution >= 4 is 33.4 Å². The first-order valence-corrected chi connectivity index (χ1v) is 10.4. The molecule has 0 bridgehead atoms. The Morgan fingerprint density at radius 3 is 2.92 bits per heavy atom. The van der Waals surface area contributed by atoms with Gasteiger partial charge in [0.2, 0.25) is 5.43 Å². The maximum Gasteiger partial charge on any atom is 0.211 e. The van der Waals surface area contributed by atoms with Crippen molar-refractivity contribution in [3.8, 4) is 0 Å². The van der Waals surface area contributed by atoms with E-state index in [0.717, 1.165) is 53.5 Å². The highest BCUT2D eigenvalue weighted by Gasteiger charge is 2.22. The van der Waals surface area contributed by atoms with Crippen molar-refractivity contribution in [1.82, 2.24) is 9.55 Å². The van der Waals surface area contributed by atoms with Crippen LogP contribution >= 0.6 is 23.1 Å². The third-order valence-corrected chi connectivity index (χ3v) is 6.84. The number of aromatic nitrogens is 2. The fraction of sp³-hybridized carbons (Fsp3) is 0.300. The zero-order valence-corrected chi connectivity index (χ0v) is 15.7. The zero-order chi connectivity index (χ0) is 17.2. The smallest absolute Gasteiger partial charge is 0.211 e. The fourth-order valence-electron chi connectivity index (χ4n) is 3.32.